The summed E-state index contributed by atoms with van der Waals surface area (Å²) in [6.07, 6.45) is 0.794. The third-order valence-corrected chi connectivity index (χ3v) is 6.34. The Kier molecular flexibility index (Phi) is 6.41. The average Bonchev–Trinajstić information content (AvgIpc) is 3.14. The van der Waals surface area contributed by atoms with E-state index in [4.69, 9.17) is 9.47 Å². The molecule has 4 aromatic rings. The van der Waals surface area contributed by atoms with Gasteiger partial charge >= 0.3 is 0 Å². The largest absolute Gasteiger partial charge is 0.495 e. The van der Waals surface area contributed by atoms with Gasteiger partial charge in [-0.25, -0.2) is 0 Å². The Bertz CT molecular complexity index is 1350. The van der Waals surface area contributed by atoms with Crippen molar-refractivity contribution >= 4 is 23.2 Å². The first-order valence-electron chi connectivity index (χ1n) is 11.7. The Morgan fingerprint density at radius 3 is 1.33 bits per heavy atom. The zero-order valence-electron chi connectivity index (χ0n) is 20.1. The minimum absolute atomic E-state index is 0.00861. The van der Waals surface area contributed by atoms with Crippen molar-refractivity contribution in [2.45, 2.75) is 12.8 Å². The summed E-state index contributed by atoms with van der Waals surface area (Å²) >= 11 is 0. The van der Waals surface area contributed by atoms with Crippen molar-refractivity contribution in [3.63, 3.8) is 0 Å². The van der Waals surface area contributed by atoms with Crippen LogP contribution in [0.2, 0.25) is 0 Å². The number of ether oxygens (including phenoxy) is 2. The van der Waals surface area contributed by atoms with E-state index >= 15 is 0 Å². The van der Waals surface area contributed by atoms with Crippen molar-refractivity contribution in [1.82, 2.24) is 0 Å². The van der Waals surface area contributed by atoms with Gasteiger partial charge in [0.25, 0.3) is 0 Å². The summed E-state index contributed by atoms with van der Waals surface area (Å²) in [6, 6.07) is 27.5. The molecule has 0 aromatic heterocycles. The van der Waals surface area contributed by atoms with Crippen LogP contribution in [0.25, 0.3) is 22.3 Å². The molecule has 2 aliphatic rings. The standard InChI is InChI=1S/2C15H13NO2/c2*1-18-13-8-4-7-12-11-6-3-2-5-10(11)9-14(17)16-15(12)13/h2*2-8H,9H2,1H3,(H,16,17). The second-order valence-electron chi connectivity index (χ2n) is 8.53. The third-order valence-electron chi connectivity index (χ3n) is 6.34. The molecule has 2 aliphatic heterocycles. The number of carbonyl (C=O) groups is 2. The lowest BCUT2D eigenvalue weighted by molar-refractivity contribution is -0.116. The Hall–Kier alpha value is -4.58. The maximum absolute atomic E-state index is 11.9. The van der Waals surface area contributed by atoms with Crippen LogP contribution in [-0.2, 0) is 22.4 Å². The quantitative estimate of drug-likeness (QED) is 0.387. The van der Waals surface area contributed by atoms with Crippen LogP contribution in [0.3, 0.4) is 0 Å². The van der Waals surface area contributed by atoms with Crippen LogP contribution < -0.4 is 20.1 Å². The predicted molar refractivity (Wildman–Crippen MR) is 142 cm³/mol. The Balaban J connectivity index is 0.000000148. The van der Waals surface area contributed by atoms with E-state index in [9.17, 15) is 9.59 Å². The highest BCUT2D eigenvalue weighted by Crippen LogP contribution is 2.40. The van der Waals surface area contributed by atoms with Gasteiger partial charge in [0.2, 0.25) is 11.8 Å². The van der Waals surface area contributed by atoms with E-state index in [-0.39, 0.29) is 11.8 Å². The van der Waals surface area contributed by atoms with E-state index in [1.54, 1.807) is 14.2 Å². The van der Waals surface area contributed by atoms with Crippen LogP contribution in [0.5, 0.6) is 11.5 Å². The highest BCUT2D eigenvalue weighted by Gasteiger charge is 2.22. The summed E-state index contributed by atoms with van der Waals surface area (Å²) < 4.78 is 10.6. The molecular formula is C30H26N2O4. The maximum Gasteiger partial charge on any atom is 0.228 e. The number of rotatable bonds is 2. The number of anilines is 2. The van der Waals surface area contributed by atoms with E-state index in [1.165, 1.54) is 0 Å². The topological polar surface area (TPSA) is 76.7 Å². The summed E-state index contributed by atoms with van der Waals surface area (Å²) in [5.74, 6) is 1.37. The molecule has 0 radical (unpaired) electrons. The molecule has 2 heterocycles. The van der Waals surface area contributed by atoms with E-state index in [0.29, 0.717) is 24.3 Å². The van der Waals surface area contributed by atoms with Crippen LogP contribution in [0.15, 0.2) is 84.9 Å². The molecule has 2 N–H and O–H groups in total. The number of para-hydroxylation sites is 2. The Labute approximate surface area is 209 Å². The van der Waals surface area contributed by atoms with E-state index in [1.807, 2.05) is 84.9 Å². The molecule has 4 aromatic carbocycles. The van der Waals surface area contributed by atoms with Crippen LogP contribution >= 0.6 is 0 Å². The van der Waals surface area contributed by atoms with Gasteiger partial charge in [0, 0.05) is 11.1 Å². The molecule has 6 rings (SSSR count). The van der Waals surface area contributed by atoms with Crippen molar-refractivity contribution in [2.75, 3.05) is 24.9 Å². The fourth-order valence-corrected chi connectivity index (χ4v) is 4.70. The number of benzene rings is 4. The molecule has 0 bridgehead atoms. The Morgan fingerprint density at radius 1 is 0.528 bits per heavy atom. The molecule has 2 amide bonds. The smallest absolute Gasteiger partial charge is 0.228 e. The molecular weight excluding hydrogens is 452 g/mol. The normalized spacial score (nSPS) is 13.1. The SMILES string of the molecule is COc1cccc2c1NC(=O)Cc1ccccc1-2.COc1cccc2c1NC(=O)Cc1ccccc1-2. The minimum atomic E-state index is -0.00861. The summed E-state index contributed by atoms with van der Waals surface area (Å²) in [6.45, 7) is 0. The zero-order valence-corrected chi connectivity index (χ0v) is 20.1. The van der Waals surface area contributed by atoms with Crippen LogP contribution in [-0.4, -0.2) is 26.0 Å². The molecule has 0 aliphatic carbocycles. The molecule has 180 valence electrons. The number of hydrogen-bond donors (Lipinski definition) is 2. The van der Waals surface area contributed by atoms with Gasteiger partial charge in [-0.2, -0.15) is 0 Å². The molecule has 0 saturated carbocycles. The molecule has 0 spiro atoms. The first-order valence-corrected chi connectivity index (χ1v) is 11.7. The lowest BCUT2D eigenvalue weighted by Gasteiger charge is -2.12. The second kappa shape index (κ2) is 9.96. The lowest BCUT2D eigenvalue weighted by Crippen LogP contribution is -2.13. The van der Waals surface area contributed by atoms with Crippen molar-refractivity contribution in [2.24, 2.45) is 0 Å². The van der Waals surface area contributed by atoms with E-state index in [0.717, 1.165) is 44.8 Å². The summed E-state index contributed by atoms with van der Waals surface area (Å²) in [5.41, 5.74) is 7.80. The monoisotopic (exact) mass is 478 g/mol. The molecule has 0 unspecified atom stereocenters. The van der Waals surface area contributed by atoms with Crippen molar-refractivity contribution < 1.29 is 19.1 Å². The average molecular weight is 479 g/mol. The van der Waals surface area contributed by atoms with Crippen molar-refractivity contribution in [3.8, 4) is 33.8 Å². The molecule has 0 saturated heterocycles. The molecule has 36 heavy (non-hydrogen) atoms. The van der Waals surface area contributed by atoms with Gasteiger partial charge in [0.15, 0.2) is 0 Å². The van der Waals surface area contributed by atoms with Gasteiger partial charge in [0.1, 0.15) is 11.5 Å². The van der Waals surface area contributed by atoms with Gasteiger partial charge in [-0.05, 0) is 34.4 Å². The number of carbonyl (C=O) groups excluding carboxylic acids is 2. The lowest BCUT2D eigenvalue weighted by atomic mass is 9.98. The zero-order chi connectivity index (χ0) is 25.1. The third kappa shape index (κ3) is 4.41. The molecule has 0 fully saturated rings. The van der Waals surface area contributed by atoms with Gasteiger partial charge in [0.05, 0.1) is 38.4 Å². The van der Waals surface area contributed by atoms with Gasteiger partial charge in [-0.1, -0.05) is 72.8 Å². The predicted octanol–water partition coefficient (Wildman–Crippen LogP) is 5.71. The van der Waals surface area contributed by atoms with Crippen molar-refractivity contribution in [3.05, 3.63) is 96.1 Å². The fraction of sp³-hybridized carbons (Fsp3) is 0.133. The summed E-state index contributed by atoms with van der Waals surface area (Å²) in [5, 5.41) is 5.85. The highest BCUT2D eigenvalue weighted by atomic mass is 16.5. The first kappa shape index (κ1) is 23.2. The summed E-state index contributed by atoms with van der Waals surface area (Å²) in [7, 11) is 3.22. The number of hydrogen-bond acceptors (Lipinski definition) is 4. The maximum atomic E-state index is 11.9. The van der Waals surface area contributed by atoms with E-state index < -0.39 is 0 Å². The molecule has 0 atom stereocenters. The number of amides is 2. The highest BCUT2D eigenvalue weighted by molar-refractivity contribution is 6.03. The van der Waals surface area contributed by atoms with Crippen LogP contribution in [0.1, 0.15) is 11.1 Å². The molecule has 6 nitrogen and oxygen atoms in total. The number of fused-ring (bicyclic) bond motifs is 6. The van der Waals surface area contributed by atoms with Gasteiger partial charge in [-0.15, -0.1) is 0 Å². The first-order chi connectivity index (χ1) is 17.6. The molecule has 6 heteroatoms. The number of nitrogens with one attached hydrogen (secondary N) is 2. The van der Waals surface area contributed by atoms with Gasteiger partial charge < -0.3 is 20.1 Å². The second-order valence-corrected chi connectivity index (χ2v) is 8.53. The number of methoxy groups -OCH3 is 2. The van der Waals surface area contributed by atoms with Crippen molar-refractivity contribution in [1.29, 1.82) is 0 Å². The van der Waals surface area contributed by atoms with Crippen LogP contribution in [0.4, 0.5) is 11.4 Å². The van der Waals surface area contributed by atoms with E-state index in [2.05, 4.69) is 10.6 Å². The summed E-state index contributed by atoms with van der Waals surface area (Å²) in [4.78, 5) is 23.8. The fourth-order valence-electron chi connectivity index (χ4n) is 4.70. The van der Waals surface area contributed by atoms with Gasteiger partial charge in [-0.3, -0.25) is 9.59 Å². The Morgan fingerprint density at radius 2 is 0.917 bits per heavy atom. The minimum Gasteiger partial charge on any atom is -0.495 e. The van der Waals surface area contributed by atoms with Crippen LogP contribution in [0, 0.1) is 0 Å².